The summed E-state index contributed by atoms with van der Waals surface area (Å²) >= 11 is 0. The molecule has 3 atom stereocenters. The Morgan fingerprint density at radius 3 is 2.53 bits per heavy atom. The summed E-state index contributed by atoms with van der Waals surface area (Å²) in [7, 11) is 0. The van der Waals surface area contributed by atoms with Crippen molar-refractivity contribution in [2.45, 2.75) is 59.0 Å². The van der Waals surface area contributed by atoms with E-state index in [-0.39, 0.29) is 0 Å². The maximum Gasteiger partial charge on any atom is 0.0223 e. The number of nitrogens with one attached hydrogen (secondary N) is 1. The smallest absolute Gasteiger partial charge is 0.0223 e. The van der Waals surface area contributed by atoms with Crippen LogP contribution in [0, 0.1) is 5.92 Å². The van der Waals surface area contributed by atoms with Crippen LogP contribution in [0.1, 0.15) is 47.0 Å². The zero-order valence-corrected chi connectivity index (χ0v) is 10.9. The lowest BCUT2D eigenvalue weighted by molar-refractivity contribution is 0.0951. The molecule has 3 unspecified atom stereocenters. The fraction of sp³-hybridized carbons (Fsp3) is 1.00. The molecule has 1 saturated heterocycles. The molecule has 1 heterocycles. The fourth-order valence-electron chi connectivity index (χ4n) is 2.66. The van der Waals surface area contributed by atoms with E-state index in [0.29, 0.717) is 0 Å². The first-order valence-electron chi connectivity index (χ1n) is 6.67. The maximum absolute atomic E-state index is 3.52. The predicted octanol–water partition coefficient (Wildman–Crippen LogP) is 2.49. The highest BCUT2D eigenvalue weighted by atomic mass is 15.2. The monoisotopic (exact) mass is 212 g/mol. The van der Waals surface area contributed by atoms with Gasteiger partial charge in [-0.1, -0.05) is 27.2 Å². The largest absolute Gasteiger partial charge is 0.315 e. The summed E-state index contributed by atoms with van der Waals surface area (Å²) < 4.78 is 0. The van der Waals surface area contributed by atoms with E-state index in [4.69, 9.17) is 0 Å². The maximum atomic E-state index is 3.52. The molecule has 0 aromatic heterocycles. The third-order valence-corrected chi connectivity index (χ3v) is 4.10. The lowest BCUT2D eigenvalue weighted by Gasteiger charge is -2.40. The van der Waals surface area contributed by atoms with Crippen molar-refractivity contribution < 1.29 is 0 Å². The molecule has 0 bridgehead atoms. The van der Waals surface area contributed by atoms with Gasteiger partial charge in [-0.3, -0.25) is 4.90 Å². The molecule has 0 aliphatic carbocycles. The van der Waals surface area contributed by atoms with Gasteiger partial charge in [0, 0.05) is 18.6 Å². The van der Waals surface area contributed by atoms with Crippen molar-refractivity contribution in [2.24, 2.45) is 5.92 Å². The summed E-state index contributed by atoms with van der Waals surface area (Å²) in [5.74, 6) is 0.812. The van der Waals surface area contributed by atoms with Crippen LogP contribution >= 0.6 is 0 Å². The second kappa shape index (κ2) is 6.49. The molecule has 1 rings (SSSR count). The molecular weight excluding hydrogens is 184 g/mol. The van der Waals surface area contributed by atoms with E-state index in [2.05, 4.69) is 37.9 Å². The first-order chi connectivity index (χ1) is 7.20. The lowest BCUT2D eigenvalue weighted by atomic mass is 9.95. The normalized spacial score (nSPS) is 26.6. The topological polar surface area (TPSA) is 15.3 Å². The summed E-state index contributed by atoms with van der Waals surface area (Å²) in [4.78, 5) is 2.69. The van der Waals surface area contributed by atoms with Crippen molar-refractivity contribution >= 4 is 0 Å². The fourth-order valence-corrected chi connectivity index (χ4v) is 2.66. The second-order valence-corrected chi connectivity index (χ2v) is 4.96. The van der Waals surface area contributed by atoms with Crippen LogP contribution in [0.2, 0.25) is 0 Å². The predicted molar refractivity (Wildman–Crippen MR) is 67.2 cm³/mol. The second-order valence-electron chi connectivity index (χ2n) is 4.96. The van der Waals surface area contributed by atoms with E-state index in [1.807, 2.05) is 0 Å². The molecule has 2 nitrogen and oxygen atoms in total. The zero-order valence-electron chi connectivity index (χ0n) is 10.9. The summed E-state index contributed by atoms with van der Waals surface area (Å²) in [5.41, 5.74) is 0. The van der Waals surface area contributed by atoms with Crippen LogP contribution in [-0.2, 0) is 0 Å². The van der Waals surface area contributed by atoms with Gasteiger partial charge in [-0.15, -0.1) is 0 Å². The van der Waals surface area contributed by atoms with Gasteiger partial charge in [0.15, 0.2) is 0 Å². The molecule has 0 saturated carbocycles. The summed E-state index contributed by atoms with van der Waals surface area (Å²) in [5, 5.41) is 3.52. The van der Waals surface area contributed by atoms with Crippen molar-refractivity contribution in [3.63, 3.8) is 0 Å². The van der Waals surface area contributed by atoms with E-state index in [0.717, 1.165) is 18.0 Å². The highest BCUT2D eigenvalue weighted by molar-refractivity contribution is 4.82. The Labute approximate surface area is 95.4 Å². The van der Waals surface area contributed by atoms with Crippen molar-refractivity contribution in [3.8, 4) is 0 Å². The molecule has 0 radical (unpaired) electrons. The van der Waals surface area contributed by atoms with Gasteiger partial charge in [-0.25, -0.2) is 0 Å². The van der Waals surface area contributed by atoms with Crippen LogP contribution < -0.4 is 5.32 Å². The van der Waals surface area contributed by atoms with Crippen LogP contribution in [0.25, 0.3) is 0 Å². The van der Waals surface area contributed by atoms with Crippen LogP contribution in [0.15, 0.2) is 0 Å². The molecule has 2 heteroatoms. The van der Waals surface area contributed by atoms with Gasteiger partial charge in [-0.05, 0) is 38.8 Å². The van der Waals surface area contributed by atoms with E-state index >= 15 is 0 Å². The van der Waals surface area contributed by atoms with Gasteiger partial charge in [0.1, 0.15) is 0 Å². The summed E-state index contributed by atoms with van der Waals surface area (Å²) in [6.45, 7) is 13.0. The standard InChI is InChI=1S/C13H28N2/c1-5-11(3)12(4)15(6-2)13-8-7-9-14-10-13/h11-14H,5-10H2,1-4H3. The van der Waals surface area contributed by atoms with E-state index in [1.54, 1.807) is 0 Å². The summed E-state index contributed by atoms with van der Waals surface area (Å²) in [6.07, 6.45) is 4.01. The van der Waals surface area contributed by atoms with Gasteiger partial charge in [0.2, 0.25) is 0 Å². The molecule has 1 aliphatic heterocycles. The number of piperidine rings is 1. The van der Waals surface area contributed by atoms with Gasteiger partial charge < -0.3 is 5.32 Å². The molecule has 1 aliphatic rings. The summed E-state index contributed by atoms with van der Waals surface area (Å²) in [6, 6.07) is 1.50. The van der Waals surface area contributed by atoms with Crippen molar-refractivity contribution in [2.75, 3.05) is 19.6 Å². The zero-order chi connectivity index (χ0) is 11.3. The molecule has 0 aromatic rings. The van der Waals surface area contributed by atoms with E-state index in [1.165, 1.54) is 38.9 Å². The number of nitrogens with zero attached hydrogens (tertiary/aromatic N) is 1. The molecule has 90 valence electrons. The van der Waals surface area contributed by atoms with Crippen molar-refractivity contribution in [3.05, 3.63) is 0 Å². The average Bonchev–Trinajstić information content (AvgIpc) is 2.30. The van der Waals surface area contributed by atoms with Crippen LogP contribution in [0.5, 0.6) is 0 Å². The molecule has 1 N–H and O–H groups in total. The Morgan fingerprint density at radius 1 is 1.33 bits per heavy atom. The minimum Gasteiger partial charge on any atom is -0.315 e. The van der Waals surface area contributed by atoms with Gasteiger partial charge in [0.05, 0.1) is 0 Å². The number of rotatable bonds is 5. The van der Waals surface area contributed by atoms with E-state index in [9.17, 15) is 0 Å². The Morgan fingerprint density at radius 2 is 2.07 bits per heavy atom. The first-order valence-corrected chi connectivity index (χ1v) is 6.67. The molecular formula is C13H28N2. The van der Waals surface area contributed by atoms with Crippen molar-refractivity contribution in [1.29, 1.82) is 0 Å². The van der Waals surface area contributed by atoms with Gasteiger partial charge in [0.25, 0.3) is 0 Å². The third-order valence-electron chi connectivity index (χ3n) is 4.10. The lowest BCUT2D eigenvalue weighted by Crippen LogP contribution is -2.51. The first kappa shape index (κ1) is 13.0. The number of likely N-dealkylation sites (N-methyl/N-ethyl adjacent to an activating group) is 1. The minimum absolute atomic E-state index is 0.727. The third kappa shape index (κ3) is 3.46. The van der Waals surface area contributed by atoms with Crippen LogP contribution in [0.3, 0.4) is 0 Å². The van der Waals surface area contributed by atoms with Crippen LogP contribution in [0.4, 0.5) is 0 Å². The molecule has 0 spiro atoms. The van der Waals surface area contributed by atoms with Gasteiger partial charge >= 0.3 is 0 Å². The SMILES string of the molecule is CCC(C)C(C)N(CC)C1CCCNC1. The Bertz CT molecular complexity index is 162. The minimum atomic E-state index is 0.727. The highest BCUT2D eigenvalue weighted by Crippen LogP contribution is 2.19. The quantitative estimate of drug-likeness (QED) is 0.753. The van der Waals surface area contributed by atoms with Gasteiger partial charge in [-0.2, -0.15) is 0 Å². The molecule has 0 amide bonds. The molecule has 0 aromatic carbocycles. The number of hydrogen-bond acceptors (Lipinski definition) is 2. The molecule has 1 fully saturated rings. The van der Waals surface area contributed by atoms with Crippen LogP contribution in [-0.4, -0.2) is 36.6 Å². The number of hydrogen-bond donors (Lipinski definition) is 1. The average molecular weight is 212 g/mol. The Hall–Kier alpha value is -0.0800. The Kier molecular flexibility index (Phi) is 5.62. The highest BCUT2D eigenvalue weighted by Gasteiger charge is 2.25. The van der Waals surface area contributed by atoms with Crippen molar-refractivity contribution in [1.82, 2.24) is 10.2 Å². The Balaban J connectivity index is 2.52. The molecule has 15 heavy (non-hydrogen) atoms. The van der Waals surface area contributed by atoms with E-state index < -0.39 is 0 Å².